The molecule has 1 amide bonds. The van der Waals surface area contributed by atoms with E-state index in [1.54, 1.807) is 12.1 Å². The lowest BCUT2D eigenvalue weighted by atomic mass is 9.97. The highest BCUT2D eigenvalue weighted by atomic mass is 35.5. The van der Waals surface area contributed by atoms with Gasteiger partial charge < -0.3 is 5.32 Å². The fourth-order valence-corrected chi connectivity index (χ4v) is 3.56. The maximum absolute atomic E-state index is 12.2. The quantitative estimate of drug-likeness (QED) is 0.924. The Morgan fingerprint density at radius 3 is 2.48 bits per heavy atom. The molecule has 2 rings (SSSR count). The summed E-state index contributed by atoms with van der Waals surface area (Å²) in [6.45, 7) is 2.70. The van der Waals surface area contributed by atoms with Gasteiger partial charge in [-0.2, -0.15) is 0 Å². The summed E-state index contributed by atoms with van der Waals surface area (Å²) in [5, 5.41) is 3.33. The summed E-state index contributed by atoms with van der Waals surface area (Å²) >= 11 is 6.09. The molecule has 5 nitrogen and oxygen atoms in total. The van der Waals surface area contributed by atoms with Crippen molar-refractivity contribution in [3.05, 3.63) is 28.8 Å². The molecule has 0 saturated carbocycles. The minimum Gasteiger partial charge on any atom is -0.325 e. The monoisotopic (exact) mass is 330 g/mol. The fourth-order valence-electron chi connectivity index (χ4n) is 2.41. The summed E-state index contributed by atoms with van der Waals surface area (Å²) in [7, 11) is -3.16. The van der Waals surface area contributed by atoms with E-state index in [0.717, 1.165) is 5.56 Å². The lowest BCUT2D eigenvalue weighted by Gasteiger charge is -2.29. The van der Waals surface area contributed by atoms with Crippen LogP contribution in [-0.2, 0) is 14.8 Å². The third-order valence-corrected chi connectivity index (χ3v) is 5.29. The Bertz CT molecular complexity index is 638. The zero-order valence-electron chi connectivity index (χ0n) is 12.1. The number of halogens is 1. The first kappa shape index (κ1) is 16.3. The summed E-state index contributed by atoms with van der Waals surface area (Å²) in [5.41, 5.74) is 1.62. The molecule has 0 unspecified atom stereocenters. The molecule has 0 aliphatic carbocycles. The van der Waals surface area contributed by atoms with Gasteiger partial charge in [0.25, 0.3) is 0 Å². The lowest BCUT2D eigenvalue weighted by molar-refractivity contribution is -0.120. The SMILES string of the molecule is Cc1ccc(NC(=O)C2CCN(S(C)(=O)=O)CC2)c(Cl)c1. The first-order valence-corrected chi connectivity index (χ1v) is 9.02. The fraction of sp³-hybridized carbons (Fsp3) is 0.500. The molecular formula is C14H19ClN2O3S. The highest BCUT2D eigenvalue weighted by Gasteiger charge is 2.29. The molecule has 21 heavy (non-hydrogen) atoms. The number of hydrogen-bond donors (Lipinski definition) is 1. The van der Waals surface area contributed by atoms with Crippen LogP contribution >= 0.6 is 11.6 Å². The molecule has 0 aromatic heterocycles. The van der Waals surface area contributed by atoms with Gasteiger partial charge in [0.2, 0.25) is 15.9 Å². The van der Waals surface area contributed by atoms with Crippen LogP contribution in [0.4, 0.5) is 5.69 Å². The van der Waals surface area contributed by atoms with Crippen LogP contribution in [0.25, 0.3) is 0 Å². The number of nitrogens with zero attached hydrogens (tertiary/aromatic N) is 1. The van der Waals surface area contributed by atoms with Gasteiger partial charge in [0.15, 0.2) is 0 Å². The lowest BCUT2D eigenvalue weighted by Crippen LogP contribution is -2.40. The number of rotatable bonds is 3. The van der Waals surface area contributed by atoms with Crippen molar-refractivity contribution in [2.24, 2.45) is 5.92 Å². The van der Waals surface area contributed by atoms with Gasteiger partial charge in [0, 0.05) is 19.0 Å². The summed E-state index contributed by atoms with van der Waals surface area (Å²) in [6.07, 6.45) is 2.25. The molecule has 1 fully saturated rings. The maximum Gasteiger partial charge on any atom is 0.227 e. The van der Waals surface area contributed by atoms with E-state index in [4.69, 9.17) is 11.6 Å². The molecule has 1 aromatic rings. The Hall–Kier alpha value is -1.11. The first-order chi connectivity index (χ1) is 9.77. The van der Waals surface area contributed by atoms with E-state index in [0.29, 0.717) is 36.6 Å². The number of benzene rings is 1. The van der Waals surface area contributed by atoms with Crippen molar-refractivity contribution < 1.29 is 13.2 Å². The van der Waals surface area contributed by atoms with Crippen molar-refractivity contribution in [1.82, 2.24) is 4.31 Å². The highest BCUT2D eigenvalue weighted by molar-refractivity contribution is 7.88. The topological polar surface area (TPSA) is 66.5 Å². The molecule has 7 heteroatoms. The number of nitrogens with one attached hydrogen (secondary N) is 1. The van der Waals surface area contributed by atoms with Crippen molar-refractivity contribution in [2.75, 3.05) is 24.7 Å². The summed E-state index contributed by atoms with van der Waals surface area (Å²) < 4.78 is 24.3. The molecule has 1 N–H and O–H groups in total. The number of piperidine rings is 1. The molecule has 0 radical (unpaired) electrons. The van der Waals surface area contributed by atoms with Crippen LogP contribution in [0.1, 0.15) is 18.4 Å². The summed E-state index contributed by atoms with van der Waals surface area (Å²) in [6, 6.07) is 5.46. The normalized spacial score (nSPS) is 17.7. The van der Waals surface area contributed by atoms with Gasteiger partial charge in [-0.15, -0.1) is 0 Å². The van der Waals surface area contributed by atoms with Crippen LogP contribution in [0.15, 0.2) is 18.2 Å². The smallest absolute Gasteiger partial charge is 0.227 e. The Morgan fingerprint density at radius 1 is 1.33 bits per heavy atom. The molecule has 1 saturated heterocycles. The predicted octanol–water partition coefficient (Wildman–Crippen LogP) is 2.26. The van der Waals surface area contributed by atoms with Crippen LogP contribution in [0, 0.1) is 12.8 Å². The molecule has 1 heterocycles. The van der Waals surface area contributed by atoms with Gasteiger partial charge in [-0.05, 0) is 37.5 Å². The Kier molecular flexibility index (Phi) is 4.91. The molecule has 1 aliphatic rings. The number of carbonyl (C=O) groups excluding carboxylic acids is 1. The van der Waals surface area contributed by atoms with Crippen molar-refractivity contribution in [3.63, 3.8) is 0 Å². The molecule has 0 atom stereocenters. The highest BCUT2D eigenvalue weighted by Crippen LogP contribution is 2.25. The molecule has 1 aliphatic heterocycles. The Morgan fingerprint density at radius 2 is 1.95 bits per heavy atom. The van der Waals surface area contributed by atoms with Gasteiger partial charge in [0.05, 0.1) is 17.0 Å². The van der Waals surface area contributed by atoms with Crippen LogP contribution in [0.3, 0.4) is 0 Å². The van der Waals surface area contributed by atoms with Gasteiger partial charge in [0.1, 0.15) is 0 Å². The van der Waals surface area contributed by atoms with E-state index >= 15 is 0 Å². The number of hydrogen-bond acceptors (Lipinski definition) is 3. The third kappa shape index (κ3) is 4.18. The number of carbonyl (C=O) groups is 1. The molecular weight excluding hydrogens is 312 g/mol. The van der Waals surface area contributed by atoms with Crippen LogP contribution in [0.5, 0.6) is 0 Å². The van der Waals surface area contributed by atoms with Gasteiger partial charge >= 0.3 is 0 Å². The van der Waals surface area contributed by atoms with Crippen molar-refractivity contribution in [2.45, 2.75) is 19.8 Å². The second-order valence-electron chi connectivity index (χ2n) is 5.41. The number of aryl methyl sites for hydroxylation is 1. The zero-order chi connectivity index (χ0) is 15.6. The molecule has 1 aromatic carbocycles. The third-order valence-electron chi connectivity index (χ3n) is 3.68. The largest absolute Gasteiger partial charge is 0.325 e. The van der Waals surface area contributed by atoms with Crippen molar-refractivity contribution >= 4 is 33.2 Å². The van der Waals surface area contributed by atoms with Crippen molar-refractivity contribution in [1.29, 1.82) is 0 Å². The van der Waals surface area contributed by atoms with Crippen LogP contribution in [-0.4, -0.2) is 38.0 Å². The maximum atomic E-state index is 12.2. The second-order valence-corrected chi connectivity index (χ2v) is 7.80. The number of anilines is 1. The van der Waals surface area contributed by atoms with Gasteiger partial charge in [-0.3, -0.25) is 4.79 Å². The van der Waals surface area contributed by atoms with Gasteiger partial charge in [-0.1, -0.05) is 17.7 Å². The minimum atomic E-state index is -3.16. The van der Waals surface area contributed by atoms with E-state index < -0.39 is 10.0 Å². The molecule has 116 valence electrons. The number of amides is 1. The van der Waals surface area contributed by atoms with Crippen molar-refractivity contribution in [3.8, 4) is 0 Å². The molecule has 0 spiro atoms. The average Bonchev–Trinajstić information content (AvgIpc) is 2.41. The van der Waals surface area contributed by atoms with E-state index in [1.807, 2.05) is 13.0 Å². The van der Waals surface area contributed by atoms with E-state index in [9.17, 15) is 13.2 Å². The number of sulfonamides is 1. The molecule has 0 bridgehead atoms. The standard InChI is InChI=1S/C14H19ClN2O3S/c1-10-3-4-13(12(15)9-10)16-14(18)11-5-7-17(8-6-11)21(2,19)20/h3-4,9,11H,5-8H2,1-2H3,(H,16,18). The van der Waals surface area contributed by atoms with Crippen LogP contribution < -0.4 is 5.32 Å². The Labute approximate surface area is 130 Å². The first-order valence-electron chi connectivity index (χ1n) is 6.79. The zero-order valence-corrected chi connectivity index (χ0v) is 13.7. The van der Waals surface area contributed by atoms with E-state index in [2.05, 4.69) is 5.32 Å². The van der Waals surface area contributed by atoms with E-state index in [-0.39, 0.29) is 11.8 Å². The second kappa shape index (κ2) is 6.34. The predicted molar refractivity (Wildman–Crippen MR) is 84.0 cm³/mol. The summed E-state index contributed by atoms with van der Waals surface area (Å²) in [4.78, 5) is 12.2. The Balaban J connectivity index is 1.96. The average molecular weight is 331 g/mol. The van der Waals surface area contributed by atoms with Crippen LogP contribution in [0.2, 0.25) is 5.02 Å². The summed E-state index contributed by atoms with van der Waals surface area (Å²) in [5.74, 6) is -0.283. The van der Waals surface area contributed by atoms with E-state index in [1.165, 1.54) is 10.6 Å². The minimum absolute atomic E-state index is 0.103. The van der Waals surface area contributed by atoms with Gasteiger partial charge in [-0.25, -0.2) is 12.7 Å².